The zero-order valence-electron chi connectivity index (χ0n) is 10.4. The minimum Gasteiger partial charge on any atom is -0.361 e. The second-order valence-corrected chi connectivity index (χ2v) is 6.05. The highest BCUT2D eigenvalue weighted by Crippen LogP contribution is 2.23. The summed E-state index contributed by atoms with van der Waals surface area (Å²) >= 11 is 6.96. The number of nitrogens with one attached hydrogen (secondary N) is 2. The predicted octanol–water partition coefficient (Wildman–Crippen LogP) is 5.14. The number of hydrogen-bond acceptors (Lipinski definition) is 2. The molecule has 1 aromatic heterocycles. The van der Waals surface area contributed by atoms with Crippen LogP contribution in [0, 0.1) is 0 Å². The van der Waals surface area contributed by atoms with E-state index in [1.54, 1.807) is 0 Å². The molecule has 20 heavy (non-hydrogen) atoms. The molecule has 2 N–H and O–H groups in total. The Morgan fingerprint density at radius 2 is 1.95 bits per heavy atom. The number of hydrogen-bond donors (Lipinski definition) is 2. The Morgan fingerprint density at radius 3 is 2.80 bits per heavy atom. The molecule has 3 rings (SSSR count). The number of rotatable bonds is 3. The normalized spacial score (nSPS) is 11.3. The first-order valence-corrected chi connectivity index (χ1v) is 7.63. The maximum absolute atomic E-state index is 4.28. The first kappa shape index (κ1) is 13.4. The van der Waals surface area contributed by atoms with Gasteiger partial charge in [-0.25, -0.2) is 0 Å². The maximum Gasteiger partial charge on any atom is 0.0703 e. The molecule has 100 valence electrons. The lowest BCUT2D eigenvalue weighted by molar-refractivity contribution is 1.34. The molecule has 0 saturated heterocycles. The summed E-state index contributed by atoms with van der Waals surface area (Å²) in [6, 6.07) is 14.0. The van der Waals surface area contributed by atoms with Crippen molar-refractivity contribution in [1.29, 1.82) is 0 Å². The molecule has 0 bridgehead atoms. The van der Waals surface area contributed by atoms with Crippen molar-refractivity contribution in [1.82, 2.24) is 4.98 Å². The van der Waals surface area contributed by atoms with Crippen molar-refractivity contribution in [3.8, 4) is 0 Å². The SMILES string of the molecule is Brc1ccc2[nH]cc(/C=N/Nc3ccccc3Br)c2c1. The van der Waals surface area contributed by atoms with E-state index in [-0.39, 0.29) is 0 Å². The van der Waals surface area contributed by atoms with Gasteiger partial charge in [0, 0.05) is 31.6 Å². The van der Waals surface area contributed by atoms with Crippen LogP contribution in [0.3, 0.4) is 0 Å². The highest BCUT2D eigenvalue weighted by Gasteiger charge is 2.02. The van der Waals surface area contributed by atoms with Crippen molar-refractivity contribution in [2.45, 2.75) is 0 Å². The highest BCUT2D eigenvalue weighted by atomic mass is 79.9. The fourth-order valence-corrected chi connectivity index (χ4v) is 2.68. The van der Waals surface area contributed by atoms with Crippen LogP contribution in [0.1, 0.15) is 5.56 Å². The minimum atomic E-state index is 0.935. The third-order valence-electron chi connectivity index (χ3n) is 2.94. The van der Waals surface area contributed by atoms with E-state index in [0.29, 0.717) is 0 Å². The smallest absolute Gasteiger partial charge is 0.0703 e. The molecular formula is C15H11Br2N3. The molecule has 0 aliphatic carbocycles. The molecule has 0 aliphatic rings. The highest BCUT2D eigenvalue weighted by molar-refractivity contribution is 9.10. The lowest BCUT2D eigenvalue weighted by atomic mass is 10.2. The Hall–Kier alpha value is -1.59. The maximum atomic E-state index is 4.28. The molecule has 0 saturated carbocycles. The molecule has 5 heteroatoms. The minimum absolute atomic E-state index is 0.935. The van der Waals surface area contributed by atoms with Crippen LogP contribution in [0.2, 0.25) is 0 Å². The van der Waals surface area contributed by atoms with Gasteiger partial charge in [0.15, 0.2) is 0 Å². The monoisotopic (exact) mass is 391 g/mol. The quantitative estimate of drug-likeness (QED) is 0.470. The van der Waals surface area contributed by atoms with Gasteiger partial charge in [0.2, 0.25) is 0 Å². The molecule has 3 aromatic rings. The molecule has 3 nitrogen and oxygen atoms in total. The van der Waals surface area contributed by atoms with E-state index in [9.17, 15) is 0 Å². The van der Waals surface area contributed by atoms with Gasteiger partial charge in [0.05, 0.1) is 11.9 Å². The van der Waals surface area contributed by atoms with Gasteiger partial charge in [-0.3, -0.25) is 5.43 Å². The van der Waals surface area contributed by atoms with Crippen LogP contribution >= 0.6 is 31.9 Å². The van der Waals surface area contributed by atoms with Crippen LogP contribution < -0.4 is 5.43 Å². The van der Waals surface area contributed by atoms with Crippen LogP contribution in [0.25, 0.3) is 10.9 Å². The molecule has 0 radical (unpaired) electrons. The van der Waals surface area contributed by atoms with E-state index >= 15 is 0 Å². The Labute approximate surface area is 133 Å². The number of nitrogens with zero attached hydrogens (tertiary/aromatic N) is 1. The Kier molecular flexibility index (Phi) is 3.89. The largest absolute Gasteiger partial charge is 0.361 e. The van der Waals surface area contributed by atoms with Gasteiger partial charge in [-0.2, -0.15) is 5.10 Å². The predicted molar refractivity (Wildman–Crippen MR) is 91.4 cm³/mol. The summed E-state index contributed by atoms with van der Waals surface area (Å²) in [7, 11) is 0. The molecule has 0 atom stereocenters. The van der Waals surface area contributed by atoms with Crippen LogP contribution in [-0.4, -0.2) is 11.2 Å². The van der Waals surface area contributed by atoms with Crippen molar-refractivity contribution in [2.75, 3.05) is 5.43 Å². The summed E-state index contributed by atoms with van der Waals surface area (Å²) in [5, 5.41) is 5.42. The zero-order valence-corrected chi connectivity index (χ0v) is 13.6. The van der Waals surface area contributed by atoms with Crippen molar-refractivity contribution in [2.24, 2.45) is 5.10 Å². The third-order valence-corrected chi connectivity index (χ3v) is 4.12. The first-order chi connectivity index (χ1) is 9.74. The zero-order chi connectivity index (χ0) is 13.9. The lowest BCUT2D eigenvalue weighted by Crippen LogP contribution is -1.90. The van der Waals surface area contributed by atoms with Crippen LogP contribution in [0.5, 0.6) is 0 Å². The van der Waals surface area contributed by atoms with Gasteiger partial charge in [0.1, 0.15) is 0 Å². The number of benzene rings is 2. The molecule has 1 heterocycles. The number of anilines is 1. The average Bonchev–Trinajstić information content (AvgIpc) is 2.83. The van der Waals surface area contributed by atoms with Gasteiger partial charge >= 0.3 is 0 Å². The van der Waals surface area contributed by atoms with E-state index in [4.69, 9.17) is 0 Å². The second kappa shape index (κ2) is 5.81. The van der Waals surface area contributed by atoms with E-state index in [0.717, 1.165) is 31.1 Å². The molecule has 0 unspecified atom stereocenters. The van der Waals surface area contributed by atoms with Crippen LogP contribution in [0.15, 0.2) is 62.7 Å². The van der Waals surface area contributed by atoms with E-state index < -0.39 is 0 Å². The van der Waals surface area contributed by atoms with E-state index in [1.165, 1.54) is 0 Å². The summed E-state index contributed by atoms with van der Waals surface area (Å²) in [5.74, 6) is 0. The number of halogens is 2. The van der Waals surface area contributed by atoms with E-state index in [2.05, 4.69) is 53.4 Å². The Bertz CT molecular complexity index is 778. The van der Waals surface area contributed by atoms with Crippen molar-refractivity contribution in [3.05, 3.63) is 63.2 Å². The number of H-pyrrole nitrogens is 1. The number of para-hydroxylation sites is 1. The van der Waals surface area contributed by atoms with Crippen molar-refractivity contribution >= 4 is 54.7 Å². The van der Waals surface area contributed by atoms with Gasteiger partial charge in [-0.05, 0) is 46.3 Å². The van der Waals surface area contributed by atoms with Crippen molar-refractivity contribution in [3.63, 3.8) is 0 Å². The second-order valence-electron chi connectivity index (χ2n) is 4.28. The molecule has 0 spiro atoms. The molecular weight excluding hydrogens is 382 g/mol. The topological polar surface area (TPSA) is 40.2 Å². The molecule has 0 fully saturated rings. The lowest BCUT2D eigenvalue weighted by Gasteiger charge is -2.01. The third kappa shape index (κ3) is 2.78. The summed E-state index contributed by atoms with van der Waals surface area (Å²) in [6.45, 7) is 0. The van der Waals surface area contributed by atoms with Gasteiger partial charge in [-0.1, -0.05) is 28.1 Å². The van der Waals surface area contributed by atoms with Gasteiger partial charge in [-0.15, -0.1) is 0 Å². The standard InChI is InChI=1S/C15H11Br2N3/c16-11-5-6-14-12(7-11)10(8-18-14)9-19-20-15-4-2-1-3-13(15)17/h1-9,18,20H/b19-9+. The van der Waals surface area contributed by atoms with Gasteiger partial charge in [0.25, 0.3) is 0 Å². The number of fused-ring (bicyclic) bond motifs is 1. The fourth-order valence-electron chi connectivity index (χ4n) is 1.94. The first-order valence-electron chi connectivity index (χ1n) is 6.04. The van der Waals surface area contributed by atoms with Crippen molar-refractivity contribution < 1.29 is 0 Å². The summed E-state index contributed by atoms with van der Waals surface area (Å²) in [6.07, 6.45) is 3.76. The van der Waals surface area contributed by atoms with E-state index in [1.807, 2.05) is 48.8 Å². The number of aromatic amines is 1. The number of aromatic nitrogens is 1. The summed E-state index contributed by atoms with van der Waals surface area (Å²) in [5.41, 5.74) is 6.10. The fraction of sp³-hybridized carbons (Fsp3) is 0. The number of hydrazone groups is 1. The summed E-state index contributed by atoms with van der Waals surface area (Å²) < 4.78 is 2.04. The summed E-state index contributed by atoms with van der Waals surface area (Å²) in [4.78, 5) is 3.23. The van der Waals surface area contributed by atoms with Crippen LogP contribution in [-0.2, 0) is 0 Å². The molecule has 2 aromatic carbocycles. The molecule has 0 amide bonds. The van der Waals surface area contributed by atoms with Gasteiger partial charge < -0.3 is 4.98 Å². The Morgan fingerprint density at radius 1 is 1.10 bits per heavy atom. The van der Waals surface area contributed by atoms with Crippen LogP contribution in [0.4, 0.5) is 5.69 Å². The average molecular weight is 393 g/mol. The molecule has 0 aliphatic heterocycles. The Balaban J connectivity index is 1.84.